The third-order valence-electron chi connectivity index (χ3n) is 4.94. The molecule has 152 valence electrons. The third kappa shape index (κ3) is 19.6. The van der Waals surface area contributed by atoms with Crippen molar-refractivity contribution in [3.63, 3.8) is 0 Å². The van der Waals surface area contributed by atoms with E-state index in [0.29, 0.717) is 12.8 Å². The summed E-state index contributed by atoms with van der Waals surface area (Å²) in [5.41, 5.74) is 0. The summed E-state index contributed by atoms with van der Waals surface area (Å²) in [4.78, 5) is 0. The van der Waals surface area contributed by atoms with Crippen molar-refractivity contribution in [2.75, 3.05) is 0 Å². The molecule has 0 heterocycles. The Balaban J connectivity index is 0. The van der Waals surface area contributed by atoms with Gasteiger partial charge in [-0.3, -0.25) is 0 Å². The van der Waals surface area contributed by atoms with Gasteiger partial charge in [0.15, 0.2) is 0 Å². The molecule has 0 saturated carbocycles. The predicted octanol–water partition coefficient (Wildman–Crippen LogP) is 2.55. The standard InChI is InChI=1S/C20H42O4S.Na/c1-3-4-17-20(25(22,23)24)18-15-13-11-9-7-5-6-8-10-12-14-16-19(2)21;/h19-21H,3-18H2,1-2H3,(H,22,23,24);/q;+1/p-1. The van der Waals surface area contributed by atoms with Crippen LogP contribution in [-0.4, -0.2) is 29.4 Å². The fourth-order valence-corrected chi connectivity index (χ4v) is 4.18. The van der Waals surface area contributed by atoms with E-state index in [2.05, 4.69) is 0 Å². The fraction of sp³-hybridized carbons (Fsp3) is 1.00. The first-order valence-electron chi connectivity index (χ1n) is 10.5. The number of unbranched alkanes of at least 4 members (excludes halogenated alkanes) is 11. The molecule has 0 rings (SSSR count). The monoisotopic (exact) mass is 400 g/mol. The minimum Gasteiger partial charge on any atom is -0.748 e. The van der Waals surface area contributed by atoms with Crippen LogP contribution in [0, 0.1) is 0 Å². The Morgan fingerprint density at radius 3 is 1.42 bits per heavy atom. The molecule has 0 aromatic carbocycles. The van der Waals surface area contributed by atoms with Gasteiger partial charge < -0.3 is 9.66 Å². The minimum absolute atomic E-state index is 0. The van der Waals surface area contributed by atoms with Crippen molar-refractivity contribution < 1.29 is 47.6 Å². The van der Waals surface area contributed by atoms with Crippen LogP contribution in [0.4, 0.5) is 0 Å². The van der Waals surface area contributed by atoms with Crippen molar-refractivity contribution in [2.45, 2.75) is 128 Å². The van der Waals surface area contributed by atoms with E-state index in [0.717, 1.165) is 44.9 Å². The number of rotatable bonds is 18. The molecule has 0 aliphatic heterocycles. The summed E-state index contributed by atoms with van der Waals surface area (Å²) in [6.07, 6.45) is 16.6. The van der Waals surface area contributed by atoms with Crippen LogP contribution in [0.25, 0.3) is 0 Å². The molecule has 0 radical (unpaired) electrons. The molecule has 0 aromatic heterocycles. The molecule has 0 fully saturated rings. The second-order valence-corrected chi connectivity index (χ2v) is 9.22. The number of hydrogen-bond acceptors (Lipinski definition) is 4. The molecule has 2 unspecified atom stereocenters. The van der Waals surface area contributed by atoms with Crippen molar-refractivity contribution in [1.82, 2.24) is 0 Å². The van der Waals surface area contributed by atoms with Gasteiger partial charge in [-0.1, -0.05) is 90.4 Å². The van der Waals surface area contributed by atoms with Gasteiger partial charge in [-0.15, -0.1) is 0 Å². The van der Waals surface area contributed by atoms with E-state index in [4.69, 9.17) is 0 Å². The summed E-state index contributed by atoms with van der Waals surface area (Å²) in [6, 6.07) is 0. The Hall–Kier alpha value is 0.870. The molecule has 0 aliphatic carbocycles. The topological polar surface area (TPSA) is 77.4 Å². The smallest absolute Gasteiger partial charge is 0.748 e. The van der Waals surface area contributed by atoms with E-state index in [-0.39, 0.29) is 35.7 Å². The summed E-state index contributed by atoms with van der Waals surface area (Å²) in [5.74, 6) is 0. The van der Waals surface area contributed by atoms with Gasteiger partial charge in [0.05, 0.1) is 16.2 Å². The largest absolute Gasteiger partial charge is 1.00 e. The predicted molar refractivity (Wildman–Crippen MR) is 105 cm³/mol. The maximum atomic E-state index is 11.2. The Morgan fingerprint density at radius 2 is 1.08 bits per heavy atom. The van der Waals surface area contributed by atoms with Crippen molar-refractivity contribution in [2.24, 2.45) is 0 Å². The third-order valence-corrected chi connectivity index (χ3v) is 6.22. The molecule has 6 heteroatoms. The maximum Gasteiger partial charge on any atom is 1.00 e. The van der Waals surface area contributed by atoms with Crippen LogP contribution < -0.4 is 29.6 Å². The quantitative estimate of drug-likeness (QED) is 0.218. The van der Waals surface area contributed by atoms with Crippen molar-refractivity contribution in [3.05, 3.63) is 0 Å². The Labute approximate surface area is 185 Å². The van der Waals surface area contributed by atoms with E-state index in [1.165, 1.54) is 44.9 Å². The minimum atomic E-state index is -4.12. The van der Waals surface area contributed by atoms with Gasteiger partial charge in [-0.25, -0.2) is 8.42 Å². The summed E-state index contributed by atoms with van der Waals surface area (Å²) in [5, 5.41) is 8.51. The van der Waals surface area contributed by atoms with Crippen molar-refractivity contribution in [1.29, 1.82) is 0 Å². The number of aliphatic hydroxyl groups excluding tert-OH is 1. The van der Waals surface area contributed by atoms with Crippen LogP contribution >= 0.6 is 0 Å². The molecule has 0 saturated heterocycles. The average Bonchev–Trinajstić information content (AvgIpc) is 2.53. The van der Waals surface area contributed by atoms with Crippen LogP contribution in [0.15, 0.2) is 0 Å². The van der Waals surface area contributed by atoms with Crippen LogP contribution in [0.2, 0.25) is 0 Å². The number of hydrogen-bond donors (Lipinski definition) is 1. The summed E-state index contributed by atoms with van der Waals surface area (Å²) < 4.78 is 33.7. The SMILES string of the molecule is CCCCC(CCCCCCCCCCCCCC(C)O)S(=O)(=O)[O-].[Na+]. The van der Waals surface area contributed by atoms with Crippen molar-refractivity contribution in [3.8, 4) is 0 Å². The maximum absolute atomic E-state index is 11.2. The second-order valence-electron chi connectivity index (χ2n) is 7.57. The second kappa shape index (κ2) is 19.2. The Bertz CT molecular complexity index is 385. The van der Waals surface area contributed by atoms with Crippen molar-refractivity contribution >= 4 is 10.1 Å². The van der Waals surface area contributed by atoms with Gasteiger partial charge in [0.1, 0.15) is 0 Å². The van der Waals surface area contributed by atoms with E-state index in [9.17, 15) is 18.1 Å². The zero-order valence-electron chi connectivity index (χ0n) is 17.5. The molecule has 0 bridgehead atoms. The summed E-state index contributed by atoms with van der Waals surface area (Å²) in [7, 11) is -4.12. The van der Waals surface area contributed by atoms with Gasteiger partial charge >= 0.3 is 29.6 Å². The van der Waals surface area contributed by atoms with Crippen LogP contribution in [0.1, 0.15) is 117 Å². The first kappa shape index (κ1) is 29.1. The molecular weight excluding hydrogens is 359 g/mol. The van der Waals surface area contributed by atoms with Crippen LogP contribution in [0.3, 0.4) is 0 Å². The molecule has 0 aliphatic rings. The molecule has 2 atom stereocenters. The first-order valence-corrected chi connectivity index (χ1v) is 12.0. The zero-order chi connectivity index (χ0) is 19.0. The molecule has 1 N–H and O–H groups in total. The summed E-state index contributed by atoms with van der Waals surface area (Å²) in [6.45, 7) is 3.87. The van der Waals surface area contributed by atoms with E-state index in [1.54, 1.807) is 0 Å². The van der Waals surface area contributed by atoms with Gasteiger partial charge in [0.2, 0.25) is 0 Å². The molecule has 0 aromatic rings. The molecule has 4 nitrogen and oxygen atoms in total. The van der Waals surface area contributed by atoms with E-state index >= 15 is 0 Å². The first-order chi connectivity index (χ1) is 11.9. The van der Waals surface area contributed by atoms with Gasteiger partial charge in [-0.05, 0) is 26.2 Å². The molecule has 26 heavy (non-hydrogen) atoms. The van der Waals surface area contributed by atoms with Gasteiger partial charge in [0, 0.05) is 5.25 Å². The van der Waals surface area contributed by atoms with Gasteiger partial charge in [-0.2, -0.15) is 0 Å². The fourth-order valence-electron chi connectivity index (χ4n) is 3.27. The zero-order valence-corrected chi connectivity index (χ0v) is 20.4. The van der Waals surface area contributed by atoms with Crippen LogP contribution in [0.5, 0.6) is 0 Å². The van der Waals surface area contributed by atoms with Gasteiger partial charge in [0.25, 0.3) is 0 Å². The average molecular weight is 401 g/mol. The number of aliphatic hydroxyl groups is 1. The Morgan fingerprint density at radius 1 is 0.731 bits per heavy atom. The summed E-state index contributed by atoms with van der Waals surface area (Å²) >= 11 is 0. The van der Waals surface area contributed by atoms with Crippen LogP contribution in [-0.2, 0) is 10.1 Å². The normalized spacial score (nSPS) is 14.0. The molecular formula is C20H41NaO4S. The Kier molecular flexibility index (Phi) is 21.5. The van der Waals surface area contributed by atoms with E-state index in [1.807, 2.05) is 13.8 Å². The molecule has 0 amide bonds. The van der Waals surface area contributed by atoms with E-state index < -0.39 is 15.4 Å². The molecule has 0 spiro atoms.